The number of ether oxygens (including phenoxy) is 1. The number of hydrogen-bond donors (Lipinski definition) is 1. The van der Waals surface area contributed by atoms with Gasteiger partial charge in [0.05, 0.1) is 19.3 Å². The molecule has 0 saturated carbocycles. The van der Waals surface area contributed by atoms with Gasteiger partial charge in [0.2, 0.25) is 0 Å². The summed E-state index contributed by atoms with van der Waals surface area (Å²) >= 11 is 4.40. The van der Waals surface area contributed by atoms with Crippen LogP contribution >= 0.6 is 27.3 Å². The van der Waals surface area contributed by atoms with Crippen LogP contribution in [0.2, 0.25) is 0 Å². The van der Waals surface area contributed by atoms with Crippen LogP contribution in [0.5, 0.6) is 0 Å². The van der Waals surface area contributed by atoms with Gasteiger partial charge in [-0.2, -0.15) is 4.31 Å². The first-order valence-corrected chi connectivity index (χ1v) is 8.12. The van der Waals surface area contributed by atoms with Crippen molar-refractivity contribution in [3.8, 4) is 0 Å². The zero-order chi connectivity index (χ0) is 12.5. The molecule has 0 spiro atoms. The van der Waals surface area contributed by atoms with Gasteiger partial charge in [-0.1, -0.05) is 0 Å². The third-order valence-electron chi connectivity index (χ3n) is 2.46. The fourth-order valence-corrected chi connectivity index (χ4v) is 5.51. The number of aliphatic hydroxyl groups excluding tert-OH is 1. The van der Waals surface area contributed by atoms with E-state index in [-0.39, 0.29) is 13.2 Å². The molecule has 0 amide bonds. The summed E-state index contributed by atoms with van der Waals surface area (Å²) in [5.41, 5.74) is 0. The monoisotopic (exact) mass is 341 g/mol. The van der Waals surface area contributed by atoms with Crippen molar-refractivity contribution in [2.75, 3.05) is 26.3 Å². The third-order valence-corrected chi connectivity index (χ3v) is 6.98. The van der Waals surface area contributed by atoms with E-state index in [1.165, 1.54) is 15.6 Å². The zero-order valence-corrected chi connectivity index (χ0v) is 12.1. The van der Waals surface area contributed by atoms with Crippen LogP contribution in [0.25, 0.3) is 0 Å². The second-order valence-corrected chi connectivity index (χ2v) is 7.50. The molecule has 1 N–H and O–H groups in total. The number of halogens is 1. The maximum absolute atomic E-state index is 12.3. The van der Waals surface area contributed by atoms with Crippen LogP contribution in [-0.4, -0.2) is 50.2 Å². The van der Waals surface area contributed by atoms with Crippen molar-refractivity contribution < 1.29 is 18.3 Å². The summed E-state index contributed by atoms with van der Waals surface area (Å²) in [4.78, 5) is 0. The molecule has 5 nitrogen and oxygen atoms in total. The quantitative estimate of drug-likeness (QED) is 0.886. The normalized spacial score (nSPS) is 22.8. The number of aliphatic hydroxyl groups is 1. The summed E-state index contributed by atoms with van der Waals surface area (Å²) < 4.78 is 32.1. The molecule has 0 aliphatic carbocycles. The first-order chi connectivity index (χ1) is 8.05. The highest BCUT2D eigenvalue weighted by atomic mass is 79.9. The van der Waals surface area contributed by atoms with Gasteiger partial charge in [0.15, 0.2) is 0 Å². The SMILES string of the molecule is O=S(=O)(c1sccc1Br)N1CCOC(CO)C1. The highest BCUT2D eigenvalue weighted by Gasteiger charge is 2.32. The van der Waals surface area contributed by atoms with E-state index in [0.29, 0.717) is 21.8 Å². The van der Waals surface area contributed by atoms with E-state index in [2.05, 4.69) is 15.9 Å². The summed E-state index contributed by atoms with van der Waals surface area (Å²) in [5.74, 6) is 0. The van der Waals surface area contributed by atoms with E-state index in [0.717, 1.165) is 0 Å². The van der Waals surface area contributed by atoms with Crippen molar-refractivity contribution >= 4 is 37.3 Å². The van der Waals surface area contributed by atoms with Gasteiger partial charge >= 0.3 is 0 Å². The van der Waals surface area contributed by atoms with Crippen molar-refractivity contribution in [2.45, 2.75) is 10.3 Å². The van der Waals surface area contributed by atoms with Gasteiger partial charge in [-0.05, 0) is 27.4 Å². The van der Waals surface area contributed by atoms with Crippen molar-refractivity contribution in [3.63, 3.8) is 0 Å². The van der Waals surface area contributed by atoms with Crippen LogP contribution in [0.3, 0.4) is 0 Å². The number of hydrogen-bond acceptors (Lipinski definition) is 5. The number of sulfonamides is 1. The number of nitrogens with zero attached hydrogens (tertiary/aromatic N) is 1. The minimum Gasteiger partial charge on any atom is -0.394 e. The molecule has 0 bridgehead atoms. The molecule has 1 atom stereocenters. The molecule has 1 saturated heterocycles. The van der Waals surface area contributed by atoms with Gasteiger partial charge in [0, 0.05) is 17.6 Å². The molecule has 96 valence electrons. The molecule has 1 aromatic heterocycles. The lowest BCUT2D eigenvalue weighted by molar-refractivity contribution is -0.0304. The van der Waals surface area contributed by atoms with Crippen LogP contribution in [0, 0.1) is 0 Å². The lowest BCUT2D eigenvalue weighted by atomic mass is 10.3. The van der Waals surface area contributed by atoms with E-state index in [9.17, 15) is 8.42 Å². The topological polar surface area (TPSA) is 66.8 Å². The Kier molecular flexibility index (Phi) is 4.22. The highest BCUT2D eigenvalue weighted by molar-refractivity contribution is 9.10. The fourth-order valence-electron chi connectivity index (χ4n) is 1.60. The number of thiophene rings is 1. The van der Waals surface area contributed by atoms with Crippen molar-refractivity contribution in [2.24, 2.45) is 0 Å². The average molecular weight is 342 g/mol. The second-order valence-electron chi connectivity index (χ2n) is 3.59. The van der Waals surface area contributed by atoms with Gasteiger partial charge < -0.3 is 9.84 Å². The predicted octanol–water partition coefficient (Wildman–Crippen LogP) is 0.892. The van der Waals surface area contributed by atoms with E-state index in [1.807, 2.05) is 0 Å². The minimum absolute atomic E-state index is 0.169. The Hall–Kier alpha value is 0.01000. The fraction of sp³-hybridized carbons (Fsp3) is 0.556. The Morgan fingerprint density at radius 2 is 2.41 bits per heavy atom. The van der Waals surface area contributed by atoms with Gasteiger partial charge in [-0.3, -0.25) is 0 Å². The maximum atomic E-state index is 12.3. The van der Waals surface area contributed by atoms with E-state index in [4.69, 9.17) is 9.84 Å². The van der Waals surface area contributed by atoms with Crippen LogP contribution in [0.4, 0.5) is 0 Å². The molecule has 0 radical (unpaired) electrons. The smallest absolute Gasteiger partial charge is 0.253 e. The summed E-state index contributed by atoms with van der Waals surface area (Å²) in [6.07, 6.45) is -0.433. The first-order valence-electron chi connectivity index (χ1n) is 5.01. The van der Waals surface area contributed by atoms with Crippen LogP contribution < -0.4 is 0 Å². The molecule has 1 aromatic rings. The molecule has 1 fully saturated rings. The van der Waals surface area contributed by atoms with Crippen molar-refractivity contribution in [1.82, 2.24) is 4.31 Å². The van der Waals surface area contributed by atoms with Crippen LogP contribution in [-0.2, 0) is 14.8 Å². The summed E-state index contributed by atoms with van der Waals surface area (Å²) in [5, 5.41) is 10.7. The van der Waals surface area contributed by atoms with E-state index >= 15 is 0 Å². The van der Waals surface area contributed by atoms with Gasteiger partial charge in [-0.25, -0.2) is 8.42 Å². The summed E-state index contributed by atoms with van der Waals surface area (Å²) in [6, 6.07) is 1.71. The molecule has 1 aliphatic heterocycles. The largest absolute Gasteiger partial charge is 0.394 e. The molecular formula is C9H12BrNO4S2. The molecule has 0 aromatic carbocycles. The van der Waals surface area contributed by atoms with Gasteiger partial charge in [0.1, 0.15) is 4.21 Å². The van der Waals surface area contributed by atoms with E-state index < -0.39 is 16.1 Å². The molecule has 17 heavy (non-hydrogen) atoms. The molecule has 2 heterocycles. The molecule has 8 heteroatoms. The summed E-state index contributed by atoms with van der Waals surface area (Å²) in [6.45, 7) is 0.664. The summed E-state index contributed by atoms with van der Waals surface area (Å²) in [7, 11) is -3.48. The minimum atomic E-state index is -3.48. The zero-order valence-electron chi connectivity index (χ0n) is 8.87. The number of rotatable bonds is 3. The molecule has 2 rings (SSSR count). The Balaban J connectivity index is 2.24. The van der Waals surface area contributed by atoms with Crippen molar-refractivity contribution in [3.05, 3.63) is 15.9 Å². The standard InChI is InChI=1S/C9H12BrNO4S2/c10-8-1-4-16-9(8)17(13,14)11-2-3-15-7(5-11)6-12/h1,4,7,12H,2-3,5-6H2. The Morgan fingerprint density at radius 3 is 3.00 bits per heavy atom. The highest BCUT2D eigenvalue weighted by Crippen LogP contribution is 2.30. The third kappa shape index (κ3) is 2.72. The second kappa shape index (κ2) is 5.33. The van der Waals surface area contributed by atoms with E-state index in [1.54, 1.807) is 11.4 Å². The molecule has 1 unspecified atom stereocenters. The Labute approximate surface area is 112 Å². The molecule has 1 aliphatic rings. The van der Waals surface area contributed by atoms with Crippen molar-refractivity contribution in [1.29, 1.82) is 0 Å². The lowest BCUT2D eigenvalue weighted by Crippen LogP contribution is -2.46. The lowest BCUT2D eigenvalue weighted by Gasteiger charge is -2.30. The Morgan fingerprint density at radius 1 is 1.65 bits per heavy atom. The Bertz CT molecular complexity index is 487. The first kappa shape index (κ1) is 13.4. The van der Waals surface area contributed by atoms with Gasteiger partial charge in [-0.15, -0.1) is 11.3 Å². The maximum Gasteiger partial charge on any atom is 0.253 e. The average Bonchev–Trinajstić information content (AvgIpc) is 2.76. The van der Waals surface area contributed by atoms with Crippen LogP contribution in [0.1, 0.15) is 0 Å². The number of morpholine rings is 1. The molecular weight excluding hydrogens is 330 g/mol. The van der Waals surface area contributed by atoms with Gasteiger partial charge in [0.25, 0.3) is 10.0 Å². The predicted molar refractivity (Wildman–Crippen MR) is 67.6 cm³/mol. The van der Waals surface area contributed by atoms with Crippen LogP contribution in [0.15, 0.2) is 20.1 Å².